The van der Waals surface area contributed by atoms with Crippen LogP contribution in [0.5, 0.6) is 11.6 Å². The monoisotopic (exact) mass is 249 g/mol. The molecule has 0 aliphatic heterocycles. The molecule has 0 N–H and O–H groups in total. The van der Waals surface area contributed by atoms with E-state index in [9.17, 15) is 4.79 Å². The van der Waals surface area contributed by atoms with E-state index in [-0.39, 0.29) is 23.4 Å². The Morgan fingerprint density at radius 3 is 2.87 bits per heavy atom. The van der Waals surface area contributed by atoms with Crippen molar-refractivity contribution in [3.05, 3.63) is 17.3 Å². The van der Waals surface area contributed by atoms with Crippen LogP contribution >= 0.6 is 23.2 Å². The third-order valence-electron chi connectivity index (χ3n) is 1.36. The third kappa shape index (κ3) is 3.93. The summed E-state index contributed by atoms with van der Waals surface area (Å²) in [5.74, 6) is 0.262. The van der Waals surface area contributed by atoms with Crippen LogP contribution in [0, 0.1) is 0 Å². The Bertz CT molecular complexity index is 357. The molecule has 1 aromatic heterocycles. The van der Waals surface area contributed by atoms with E-state index in [0.29, 0.717) is 5.88 Å². The largest absolute Gasteiger partial charge is 0.474 e. The molecule has 1 rings (SSSR count). The smallest absolute Gasteiger partial charge is 0.308 e. The molecule has 0 fully saturated rings. The van der Waals surface area contributed by atoms with Crippen LogP contribution in [0.25, 0.3) is 0 Å². The molecule has 4 nitrogen and oxygen atoms in total. The van der Waals surface area contributed by atoms with Gasteiger partial charge < -0.3 is 9.47 Å². The van der Waals surface area contributed by atoms with Gasteiger partial charge in [0.2, 0.25) is 0 Å². The molecule has 82 valence electrons. The van der Waals surface area contributed by atoms with Gasteiger partial charge in [-0.15, -0.1) is 11.6 Å². The van der Waals surface area contributed by atoms with Crippen molar-refractivity contribution in [1.82, 2.24) is 4.98 Å². The molecule has 0 spiro atoms. The topological polar surface area (TPSA) is 48.4 Å². The zero-order chi connectivity index (χ0) is 11.3. The molecule has 0 atom stereocenters. The van der Waals surface area contributed by atoms with Gasteiger partial charge in [0.05, 0.1) is 5.88 Å². The minimum atomic E-state index is -0.449. The Morgan fingerprint density at radius 2 is 2.27 bits per heavy atom. The number of alkyl halides is 1. The Morgan fingerprint density at radius 1 is 1.53 bits per heavy atom. The molecule has 0 saturated heterocycles. The number of hydrogen-bond donors (Lipinski definition) is 0. The number of halogens is 2. The number of ether oxygens (including phenoxy) is 2. The van der Waals surface area contributed by atoms with Crippen molar-refractivity contribution in [2.45, 2.75) is 6.92 Å². The van der Waals surface area contributed by atoms with Crippen molar-refractivity contribution in [2.75, 3.05) is 12.5 Å². The van der Waals surface area contributed by atoms with E-state index in [1.165, 1.54) is 19.1 Å². The summed E-state index contributed by atoms with van der Waals surface area (Å²) in [7, 11) is 0. The number of hydrogen-bond acceptors (Lipinski definition) is 4. The zero-order valence-corrected chi connectivity index (χ0v) is 9.51. The standard InChI is InChI=1S/C9H9Cl2NO3/c1-6(13)15-7-2-3-8(11)12-9(7)14-5-4-10/h2-3H,4-5H2,1H3. The van der Waals surface area contributed by atoms with Crippen LogP contribution in [0.15, 0.2) is 12.1 Å². The lowest BCUT2D eigenvalue weighted by atomic mass is 10.4. The van der Waals surface area contributed by atoms with Gasteiger partial charge in [-0.05, 0) is 12.1 Å². The molecular formula is C9H9Cl2NO3. The lowest BCUT2D eigenvalue weighted by Gasteiger charge is -2.08. The lowest BCUT2D eigenvalue weighted by Crippen LogP contribution is -2.06. The Balaban J connectivity index is 2.87. The molecule has 0 aliphatic carbocycles. The summed E-state index contributed by atoms with van der Waals surface area (Å²) in [5.41, 5.74) is 0. The van der Waals surface area contributed by atoms with Crippen molar-refractivity contribution < 1.29 is 14.3 Å². The Hall–Kier alpha value is -1.000. The van der Waals surface area contributed by atoms with Gasteiger partial charge in [-0.1, -0.05) is 11.6 Å². The second-order valence-electron chi connectivity index (χ2n) is 2.57. The highest BCUT2D eigenvalue weighted by atomic mass is 35.5. The first-order valence-corrected chi connectivity index (χ1v) is 5.08. The first-order valence-electron chi connectivity index (χ1n) is 4.17. The summed E-state index contributed by atoms with van der Waals surface area (Å²) >= 11 is 11.1. The molecule has 0 amide bonds. The molecule has 1 aromatic rings. The molecule has 0 aromatic carbocycles. The highest BCUT2D eigenvalue weighted by Crippen LogP contribution is 2.26. The van der Waals surface area contributed by atoms with E-state index in [1.54, 1.807) is 0 Å². The van der Waals surface area contributed by atoms with Gasteiger partial charge in [0.25, 0.3) is 5.88 Å². The van der Waals surface area contributed by atoms with E-state index < -0.39 is 5.97 Å². The highest BCUT2D eigenvalue weighted by molar-refractivity contribution is 6.29. The Kier molecular flexibility index (Phi) is 4.65. The summed E-state index contributed by atoms with van der Waals surface area (Å²) in [5, 5.41) is 0.260. The number of aromatic nitrogens is 1. The molecule has 1 heterocycles. The highest BCUT2D eigenvalue weighted by Gasteiger charge is 2.09. The fourth-order valence-electron chi connectivity index (χ4n) is 0.876. The van der Waals surface area contributed by atoms with E-state index in [4.69, 9.17) is 32.7 Å². The van der Waals surface area contributed by atoms with Crippen LogP contribution in [0.2, 0.25) is 5.15 Å². The molecular weight excluding hydrogens is 241 g/mol. The van der Waals surface area contributed by atoms with Gasteiger partial charge in [0.1, 0.15) is 11.8 Å². The number of carbonyl (C=O) groups is 1. The SMILES string of the molecule is CC(=O)Oc1ccc(Cl)nc1OCCCl. The average molecular weight is 250 g/mol. The number of carbonyl (C=O) groups excluding carboxylic acids is 1. The van der Waals surface area contributed by atoms with Gasteiger partial charge >= 0.3 is 5.97 Å². The quantitative estimate of drug-likeness (QED) is 0.467. The second-order valence-corrected chi connectivity index (χ2v) is 3.33. The van der Waals surface area contributed by atoms with E-state index >= 15 is 0 Å². The first kappa shape index (κ1) is 12.1. The maximum Gasteiger partial charge on any atom is 0.308 e. The van der Waals surface area contributed by atoms with Gasteiger partial charge in [-0.2, -0.15) is 4.98 Å². The molecule has 0 radical (unpaired) electrons. The molecule has 15 heavy (non-hydrogen) atoms. The minimum Gasteiger partial charge on any atom is -0.474 e. The summed E-state index contributed by atoms with van der Waals surface area (Å²) in [4.78, 5) is 14.6. The van der Waals surface area contributed by atoms with Crippen LogP contribution in [0.4, 0.5) is 0 Å². The third-order valence-corrected chi connectivity index (χ3v) is 1.73. The molecule has 0 aliphatic rings. The van der Waals surface area contributed by atoms with Crippen LogP contribution < -0.4 is 9.47 Å². The summed E-state index contributed by atoms with van der Waals surface area (Å²) in [6.07, 6.45) is 0. The minimum absolute atomic E-state index is 0.165. The number of pyridine rings is 1. The molecule has 0 bridgehead atoms. The maximum atomic E-state index is 10.8. The van der Waals surface area contributed by atoms with Crippen LogP contribution in [-0.2, 0) is 4.79 Å². The fraction of sp³-hybridized carbons (Fsp3) is 0.333. The predicted octanol–water partition coefficient (Wildman–Crippen LogP) is 2.28. The van der Waals surface area contributed by atoms with Gasteiger partial charge in [0.15, 0.2) is 5.75 Å². The van der Waals surface area contributed by atoms with Gasteiger partial charge in [-0.25, -0.2) is 0 Å². The zero-order valence-electron chi connectivity index (χ0n) is 8.00. The van der Waals surface area contributed by atoms with E-state index in [0.717, 1.165) is 0 Å². The van der Waals surface area contributed by atoms with E-state index in [1.807, 2.05) is 0 Å². The van der Waals surface area contributed by atoms with E-state index in [2.05, 4.69) is 4.98 Å². The Labute approximate surface area is 97.1 Å². The van der Waals surface area contributed by atoms with Crippen molar-refractivity contribution in [2.24, 2.45) is 0 Å². The molecule has 6 heteroatoms. The normalized spacial score (nSPS) is 9.80. The maximum absolute atomic E-state index is 10.8. The second kappa shape index (κ2) is 5.78. The van der Waals surface area contributed by atoms with Crippen LogP contribution in [0.3, 0.4) is 0 Å². The molecule has 0 saturated carbocycles. The predicted molar refractivity (Wildman–Crippen MR) is 56.8 cm³/mol. The summed E-state index contributed by atoms with van der Waals surface area (Å²) < 4.78 is 10.0. The van der Waals surface area contributed by atoms with Crippen molar-refractivity contribution in [3.63, 3.8) is 0 Å². The lowest BCUT2D eigenvalue weighted by molar-refractivity contribution is -0.132. The number of nitrogens with zero attached hydrogens (tertiary/aromatic N) is 1. The van der Waals surface area contributed by atoms with Crippen LogP contribution in [0.1, 0.15) is 6.92 Å². The van der Waals surface area contributed by atoms with Crippen molar-refractivity contribution >= 4 is 29.2 Å². The first-order chi connectivity index (χ1) is 7.13. The molecule has 0 unspecified atom stereocenters. The fourth-order valence-corrected chi connectivity index (χ4v) is 1.09. The van der Waals surface area contributed by atoms with Crippen molar-refractivity contribution in [3.8, 4) is 11.6 Å². The van der Waals surface area contributed by atoms with Gasteiger partial charge in [0, 0.05) is 6.92 Å². The summed E-state index contributed by atoms with van der Waals surface area (Å²) in [6.45, 7) is 1.56. The van der Waals surface area contributed by atoms with Crippen LogP contribution in [-0.4, -0.2) is 23.4 Å². The van der Waals surface area contributed by atoms with Crippen molar-refractivity contribution in [1.29, 1.82) is 0 Å². The number of esters is 1. The number of rotatable bonds is 4. The average Bonchev–Trinajstić information content (AvgIpc) is 2.18. The van der Waals surface area contributed by atoms with Gasteiger partial charge in [-0.3, -0.25) is 4.79 Å². The summed E-state index contributed by atoms with van der Waals surface area (Å²) in [6, 6.07) is 3.02.